The second-order valence-electron chi connectivity index (χ2n) is 3.49. The van der Waals surface area contributed by atoms with Gasteiger partial charge in [0.25, 0.3) is 0 Å². The van der Waals surface area contributed by atoms with E-state index in [1.807, 2.05) is 6.92 Å². The van der Waals surface area contributed by atoms with Crippen molar-refractivity contribution >= 4 is 4.57 Å². The molecule has 1 fully saturated rings. The number of nitrogens with zero attached hydrogens (tertiary/aromatic N) is 1. The summed E-state index contributed by atoms with van der Waals surface area (Å²) in [5.74, 6) is 0.763. The van der Waals surface area contributed by atoms with Crippen LogP contribution in [0.4, 0.5) is 0 Å². The second kappa shape index (κ2) is 32.5. The third kappa shape index (κ3) is 25.9. The predicted octanol–water partition coefficient (Wildman–Crippen LogP) is 1.37. The summed E-state index contributed by atoms with van der Waals surface area (Å²) in [4.78, 5) is 2.17. The Morgan fingerprint density at radius 3 is 1.57 bits per heavy atom. The minimum absolute atomic E-state index is 0.726. The van der Waals surface area contributed by atoms with Crippen molar-refractivity contribution in [1.29, 1.82) is 0 Å². The standard InChI is InChI=1S/C10H17NO.5CO.Cr/c1-4-12-8-7-10(11(2)3)9-5-6-9;5*1-2;/h7,9H,4-6H2,1-3H3;;;;;;/b10-7+;;;;;;. The van der Waals surface area contributed by atoms with Crippen molar-refractivity contribution in [2.24, 2.45) is 5.92 Å². The summed E-state index contributed by atoms with van der Waals surface area (Å²) in [6, 6.07) is 0. The van der Waals surface area contributed by atoms with Crippen molar-refractivity contribution in [3.8, 4) is 0 Å². The molecule has 0 aliphatic heterocycles. The van der Waals surface area contributed by atoms with E-state index in [-0.39, 0.29) is 0 Å². The number of allylic oxidation sites excluding steroid dienone is 1. The maximum atomic E-state index is 7.50. The van der Waals surface area contributed by atoms with Crippen LogP contribution in [0.2, 0.25) is 0 Å². The fourth-order valence-corrected chi connectivity index (χ4v) is 1.67. The molecule has 0 heterocycles. The van der Waals surface area contributed by atoms with E-state index < -0.39 is 0 Å². The third-order valence-corrected chi connectivity index (χ3v) is 2.43. The number of rotatable bonds is 5. The summed E-state index contributed by atoms with van der Waals surface area (Å²) in [6.45, 7) is 25.2. The summed E-state index contributed by atoms with van der Waals surface area (Å²) in [7, 11) is 4.17. The predicted molar refractivity (Wildman–Crippen MR) is 70.8 cm³/mol. The van der Waals surface area contributed by atoms with Crippen LogP contribution in [-0.2, 0) is 43.8 Å². The van der Waals surface area contributed by atoms with Crippen LogP contribution in [0.5, 0.6) is 0 Å². The van der Waals surface area contributed by atoms with Gasteiger partial charge in [0.15, 0.2) is 0 Å². The number of ether oxygens (including phenoxy) is 1. The summed E-state index contributed by atoms with van der Waals surface area (Å²) >= 11 is 2.94. The third-order valence-electron chi connectivity index (χ3n) is 2.06. The van der Waals surface area contributed by atoms with Crippen LogP contribution >= 0.6 is 0 Å². The van der Waals surface area contributed by atoms with Gasteiger partial charge >= 0.3 is 145 Å². The Labute approximate surface area is 145 Å². The fraction of sp³-hybridized carbons (Fsp3) is 0.467. The molecule has 0 saturated heterocycles. The molecule has 0 amide bonds. The van der Waals surface area contributed by atoms with E-state index in [0.717, 1.165) is 17.1 Å². The molecule has 0 N–H and O–H groups in total. The van der Waals surface area contributed by atoms with Crippen molar-refractivity contribution in [3.63, 3.8) is 0 Å². The van der Waals surface area contributed by atoms with Crippen LogP contribution in [-0.4, -0.2) is 30.2 Å². The van der Waals surface area contributed by atoms with Crippen LogP contribution < -0.4 is 0 Å². The van der Waals surface area contributed by atoms with Gasteiger partial charge in [-0.05, 0) is 0 Å². The quantitative estimate of drug-likeness (QED) is 0.545. The van der Waals surface area contributed by atoms with Gasteiger partial charge in [-0.1, -0.05) is 0 Å². The van der Waals surface area contributed by atoms with Crippen molar-refractivity contribution in [1.82, 2.24) is 4.90 Å². The van der Waals surface area contributed by atoms with Crippen LogP contribution in [0.25, 0.3) is 0 Å². The van der Waals surface area contributed by atoms with Gasteiger partial charge in [0, 0.05) is 0 Å². The van der Waals surface area contributed by atoms with E-state index in [0.29, 0.717) is 0 Å². The van der Waals surface area contributed by atoms with Gasteiger partial charge < -0.3 is 0 Å². The van der Waals surface area contributed by atoms with Crippen molar-refractivity contribution < 1.29 is 43.8 Å². The molecule has 1 aliphatic rings. The second-order valence-corrected chi connectivity index (χ2v) is 4.12. The molecule has 0 aromatic rings. The van der Waals surface area contributed by atoms with Gasteiger partial charge in [-0.15, -0.1) is 0 Å². The Kier molecular flexibility index (Phi) is 47.0. The molecule has 1 saturated carbocycles. The number of hydrogen-bond acceptors (Lipinski definition) is 2. The Morgan fingerprint density at radius 2 is 1.35 bits per heavy atom. The molecule has 0 aromatic heterocycles. The molecular formula is C15H17CrNO6. The SMILES string of the molecule is CCO[C](=[Cr])/C=C(\C1CC1)N(C)C.[C-]#[O+].[C-]#[O+].[C-]#[O+].[C-]#[O+].[C-]#[O+]. The first-order chi connectivity index (χ1) is 11.1. The first-order valence-corrected chi connectivity index (χ1v) is 6.36. The Hall–Kier alpha value is -1.40. The summed E-state index contributed by atoms with van der Waals surface area (Å²) in [5, 5.41) is 0. The number of hydrogen-bond donors (Lipinski definition) is 0. The molecule has 0 unspecified atom stereocenters. The van der Waals surface area contributed by atoms with Crippen LogP contribution in [0, 0.1) is 39.2 Å². The zero-order chi connectivity index (χ0) is 19.8. The van der Waals surface area contributed by atoms with Gasteiger partial charge in [0.05, 0.1) is 0 Å². The van der Waals surface area contributed by atoms with E-state index >= 15 is 0 Å². The van der Waals surface area contributed by atoms with Gasteiger partial charge in [-0.3, -0.25) is 0 Å². The maximum absolute atomic E-state index is 7.50. The zero-order valence-corrected chi connectivity index (χ0v) is 14.4. The van der Waals surface area contributed by atoms with Crippen LogP contribution in [0.1, 0.15) is 19.8 Å². The molecule has 0 spiro atoms. The Bertz CT molecular complexity index is 364. The normalized spacial score (nSPS) is 10.2. The van der Waals surface area contributed by atoms with Crippen LogP contribution in [0.3, 0.4) is 0 Å². The minimum atomic E-state index is 0.726. The zero-order valence-electron chi connectivity index (χ0n) is 13.1. The molecule has 0 atom stereocenters. The average molecular weight is 359 g/mol. The Morgan fingerprint density at radius 1 is 1.00 bits per heavy atom. The monoisotopic (exact) mass is 359 g/mol. The molecule has 124 valence electrons. The molecule has 1 aliphatic carbocycles. The molecule has 1 rings (SSSR count). The van der Waals surface area contributed by atoms with Crippen LogP contribution in [0.15, 0.2) is 11.8 Å². The summed E-state index contributed by atoms with van der Waals surface area (Å²) in [5.41, 5.74) is 1.38. The van der Waals surface area contributed by atoms with Gasteiger partial charge in [0.2, 0.25) is 0 Å². The van der Waals surface area contributed by atoms with E-state index in [2.05, 4.69) is 74.2 Å². The van der Waals surface area contributed by atoms with E-state index in [9.17, 15) is 0 Å². The van der Waals surface area contributed by atoms with Crippen molar-refractivity contribution in [2.75, 3.05) is 20.7 Å². The molecule has 0 aromatic carbocycles. The van der Waals surface area contributed by atoms with Gasteiger partial charge in [0.1, 0.15) is 0 Å². The van der Waals surface area contributed by atoms with Crippen molar-refractivity contribution in [2.45, 2.75) is 19.8 Å². The average Bonchev–Trinajstić information content (AvgIpc) is 3.46. The molecule has 8 heteroatoms. The topological polar surface area (TPSA) is 112 Å². The Balaban J connectivity index is -0.0000000923. The molecule has 0 radical (unpaired) electrons. The van der Waals surface area contributed by atoms with E-state index in [1.165, 1.54) is 18.5 Å². The summed E-state index contributed by atoms with van der Waals surface area (Å²) in [6.07, 6.45) is 4.76. The molecular weight excluding hydrogens is 342 g/mol. The van der Waals surface area contributed by atoms with Crippen molar-refractivity contribution in [3.05, 3.63) is 45.0 Å². The van der Waals surface area contributed by atoms with E-state index in [4.69, 9.17) is 28.0 Å². The fourth-order valence-electron chi connectivity index (χ4n) is 1.30. The van der Waals surface area contributed by atoms with E-state index in [1.54, 1.807) is 0 Å². The molecule has 7 nitrogen and oxygen atoms in total. The van der Waals surface area contributed by atoms with Gasteiger partial charge in [-0.25, -0.2) is 0 Å². The first kappa shape index (κ1) is 33.3. The summed E-state index contributed by atoms with van der Waals surface area (Å²) < 4.78 is 43.8. The van der Waals surface area contributed by atoms with Gasteiger partial charge in [-0.2, -0.15) is 0 Å². The first-order valence-electron chi connectivity index (χ1n) is 5.73. The molecule has 0 bridgehead atoms. The molecule has 23 heavy (non-hydrogen) atoms.